The fourth-order valence-electron chi connectivity index (χ4n) is 1.50. The summed E-state index contributed by atoms with van der Waals surface area (Å²) in [4.78, 5) is 1.72. The number of benzene rings is 1. The third-order valence-electron chi connectivity index (χ3n) is 2.35. The van der Waals surface area contributed by atoms with Crippen LogP contribution in [0.4, 0.5) is 10.1 Å². The number of nitrogens with zero attached hydrogens (tertiary/aromatic N) is 1. The summed E-state index contributed by atoms with van der Waals surface area (Å²) in [5.41, 5.74) is 6.04. The van der Waals surface area contributed by atoms with Crippen molar-refractivity contribution in [1.82, 2.24) is 0 Å². The number of hydrogen-bond acceptors (Lipinski definition) is 3. The van der Waals surface area contributed by atoms with E-state index in [0.717, 1.165) is 0 Å². The van der Waals surface area contributed by atoms with Crippen LogP contribution in [-0.4, -0.2) is 30.6 Å². The standard InChI is InChI=1S/C11H16FN3O/c1-2-15(5-6-16)10-4-3-8(11(13)14)7-9(10)12/h3-4,7,16H,2,5-6H2,1H3,(H3,13,14). The summed E-state index contributed by atoms with van der Waals surface area (Å²) in [5, 5.41) is 16.0. The second-order valence-corrected chi connectivity index (χ2v) is 3.38. The SMILES string of the molecule is CCN(CCO)c1ccc(C(=N)N)cc1F. The first-order valence-corrected chi connectivity index (χ1v) is 5.10. The van der Waals surface area contributed by atoms with E-state index in [1.54, 1.807) is 17.0 Å². The molecule has 16 heavy (non-hydrogen) atoms. The van der Waals surface area contributed by atoms with E-state index >= 15 is 0 Å². The van der Waals surface area contributed by atoms with Crippen LogP contribution in [0.5, 0.6) is 0 Å². The van der Waals surface area contributed by atoms with Crippen LogP contribution in [0.2, 0.25) is 0 Å². The number of rotatable bonds is 5. The van der Waals surface area contributed by atoms with E-state index in [1.807, 2.05) is 6.92 Å². The summed E-state index contributed by atoms with van der Waals surface area (Å²) in [6.45, 7) is 2.85. The molecule has 0 aliphatic heterocycles. The molecule has 0 aromatic heterocycles. The van der Waals surface area contributed by atoms with Gasteiger partial charge in [0.25, 0.3) is 0 Å². The van der Waals surface area contributed by atoms with E-state index in [0.29, 0.717) is 24.3 Å². The molecule has 0 atom stereocenters. The predicted octanol–water partition coefficient (Wildman–Crippen LogP) is 0.928. The summed E-state index contributed by atoms with van der Waals surface area (Å²) in [5.74, 6) is -0.585. The summed E-state index contributed by atoms with van der Waals surface area (Å²) in [7, 11) is 0. The lowest BCUT2D eigenvalue weighted by Gasteiger charge is -2.22. The highest BCUT2D eigenvalue weighted by Gasteiger charge is 2.10. The van der Waals surface area contributed by atoms with Crippen molar-refractivity contribution in [1.29, 1.82) is 5.41 Å². The molecule has 1 rings (SSSR count). The smallest absolute Gasteiger partial charge is 0.147 e. The Morgan fingerprint density at radius 2 is 2.25 bits per heavy atom. The van der Waals surface area contributed by atoms with Crippen LogP contribution in [0.3, 0.4) is 0 Å². The number of anilines is 1. The fourth-order valence-corrected chi connectivity index (χ4v) is 1.50. The van der Waals surface area contributed by atoms with Gasteiger partial charge in [-0.05, 0) is 25.1 Å². The van der Waals surface area contributed by atoms with E-state index in [1.165, 1.54) is 6.07 Å². The van der Waals surface area contributed by atoms with Gasteiger partial charge in [-0.15, -0.1) is 0 Å². The van der Waals surface area contributed by atoms with Crippen molar-refractivity contribution in [2.24, 2.45) is 5.73 Å². The number of nitrogens with two attached hydrogens (primary N) is 1. The highest BCUT2D eigenvalue weighted by Crippen LogP contribution is 2.20. The van der Waals surface area contributed by atoms with Gasteiger partial charge in [0, 0.05) is 18.7 Å². The minimum Gasteiger partial charge on any atom is -0.395 e. The van der Waals surface area contributed by atoms with Crippen molar-refractivity contribution in [3.8, 4) is 0 Å². The highest BCUT2D eigenvalue weighted by atomic mass is 19.1. The molecule has 0 aliphatic rings. The Kier molecular flexibility index (Phi) is 4.25. The molecule has 0 radical (unpaired) electrons. The molecule has 1 aromatic carbocycles. The number of nitrogen functional groups attached to an aromatic ring is 1. The maximum absolute atomic E-state index is 13.7. The first kappa shape index (κ1) is 12.4. The fraction of sp³-hybridized carbons (Fsp3) is 0.364. The zero-order valence-corrected chi connectivity index (χ0v) is 9.20. The van der Waals surface area contributed by atoms with Gasteiger partial charge in [-0.25, -0.2) is 4.39 Å². The number of halogens is 1. The maximum atomic E-state index is 13.7. The molecule has 1 aromatic rings. The van der Waals surface area contributed by atoms with Gasteiger partial charge in [-0.3, -0.25) is 5.41 Å². The summed E-state index contributed by atoms with van der Waals surface area (Å²) >= 11 is 0. The molecular formula is C11H16FN3O. The Morgan fingerprint density at radius 3 is 2.69 bits per heavy atom. The van der Waals surface area contributed by atoms with E-state index < -0.39 is 5.82 Å². The zero-order valence-electron chi connectivity index (χ0n) is 9.20. The number of amidine groups is 1. The van der Waals surface area contributed by atoms with E-state index in [4.69, 9.17) is 16.2 Å². The zero-order chi connectivity index (χ0) is 12.1. The quantitative estimate of drug-likeness (QED) is 0.515. The van der Waals surface area contributed by atoms with Gasteiger partial charge in [0.15, 0.2) is 0 Å². The van der Waals surface area contributed by atoms with Crippen LogP contribution in [-0.2, 0) is 0 Å². The van der Waals surface area contributed by atoms with Gasteiger partial charge in [0.05, 0.1) is 12.3 Å². The van der Waals surface area contributed by atoms with Gasteiger partial charge in [-0.2, -0.15) is 0 Å². The molecule has 0 bridgehead atoms. The van der Waals surface area contributed by atoms with Crippen molar-refractivity contribution in [3.05, 3.63) is 29.6 Å². The Morgan fingerprint density at radius 1 is 1.56 bits per heavy atom. The number of aliphatic hydroxyl groups is 1. The minimum absolute atomic E-state index is 0.0261. The summed E-state index contributed by atoms with van der Waals surface area (Å²) < 4.78 is 13.7. The van der Waals surface area contributed by atoms with Gasteiger partial charge in [0.1, 0.15) is 11.7 Å². The Hall–Kier alpha value is -1.62. The highest BCUT2D eigenvalue weighted by molar-refractivity contribution is 5.95. The van der Waals surface area contributed by atoms with Crippen molar-refractivity contribution in [3.63, 3.8) is 0 Å². The number of aliphatic hydroxyl groups excluding tert-OH is 1. The molecule has 4 N–H and O–H groups in total. The average Bonchev–Trinajstić information content (AvgIpc) is 2.26. The second kappa shape index (κ2) is 5.46. The molecule has 0 saturated carbocycles. The Bertz CT molecular complexity index is 381. The number of nitrogens with one attached hydrogen (secondary N) is 1. The maximum Gasteiger partial charge on any atom is 0.147 e. The topological polar surface area (TPSA) is 73.3 Å². The van der Waals surface area contributed by atoms with E-state index in [9.17, 15) is 4.39 Å². The van der Waals surface area contributed by atoms with Crippen molar-refractivity contribution in [2.45, 2.75) is 6.92 Å². The van der Waals surface area contributed by atoms with Crippen LogP contribution in [0.25, 0.3) is 0 Å². The van der Waals surface area contributed by atoms with E-state index in [-0.39, 0.29) is 12.4 Å². The third kappa shape index (κ3) is 2.70. The molecule has 4 nitrogen and oxygen atoms in total. The van der Waals surface area contributed by atoms with Crippen molar-refractivity contribution in [2.75, 3.05) is 24.6 Å². The second-order valence-electron chi connectivity index (χ2n) is 3.38. The normalized spacial score (nSPS) is 10.2. The molecule has 0 fully saturated rings. The molecule has 0 spiro atoms. The van der Waals surface area contributed by atoms with Crippen LogP contribution in [0.1, 0.15) is 12.5 Å². The lowest BCUT2D eigenvalue weighted by atomic mass is 10.1. The predicted molar refractivity (Wildman–Crippen MR) is 62.4 cm³/mol. The molecule has 0 amide bonds. The molecule has 0 saturated heterocycles. The van der Waals surface area contributed by atoms with Crippen LogP contribution in [0, 0.1) is 11.2 Å². The largest absolute Gasteiger partial charge is 0.395 e. The Labute approximate surface area is 94.0 Å². The number of hydrogen-bond donors (Lipinski definition) is 3. The van der Waals surface area contributed by atoms with Gasteiger partial charge in [0.2, 0.25) is 0 Å². The van der Waals surface area contributed by atoms with Crippen LogP contribution >= 0.6 is 0 Å². The van der Waals surface area contributed by atoms with Crippen molar-refractivity contribution < 1.29 is 9.50 Å². The average molecular weight is 225 g/mol. The van der Waals surface area contributed by atoms with Gasteiger partial charge < -0.3 is 15.7 Å². The monoisotopic (exact) mass is 225 g/mol. The summed E-state index contributed by atoms with van der Waals surface area (Å²) in [6.07, 6.45) is 0. The Balaban J connectivity index is 3.01. The third-order valence-corrected chi connectivity index (χ3v) is 2.35. The minimum atomic E-state index is -0.428. The first-order chi connectivity index (χ1) is 7.60. The molecule has 0 aliphatic carbocycles. The molecule has 5 heteroatoms. The van der Waals surface area contributed by atoms with E-state index in [2.05, 4.69) is 0 Å². The molecule has 0 unspecified atom stereocenters. The van der Waals surface area contributed by atoms with Crippen molar-refractivity contribution >= 4 is 11.5 Å². The van der Waals surface area contributed by atoms with Gasteiger partial charge in [-0.1, -0.05) is 0 Å². The van der Waals surface area contributed by atoms with Crippen LogP contribution < -0.4 is 10.6 Å². The number of likely N-dealkylation sites (N-methyl/N-ethyl adjacent to an activating group) is 1. The molecule has 0 heterocycles. The van der Waals surface area contributed by atoms with Crippen LogP contribution in [0.15, 0.2) is 18.2 Å². The lowest BCUT2D eigenvalue weighted by Crippen LogP contribution is -2.27. The molecule has 88 valence electrons. The summed E-state index contributed by atoms with van der Waals surface area (Å²) in [6, 6.07) is 4.41. The first-order valence-electron chi connectivity index (χ1n) is 5.10. The molecular weight excluding hydrogens is 209 g/mol. The lowest BCUT2D eigenvalue weighted by molar-refractivity contribution is 0.302. The van der Waals surface area contributed by atoms with Gasteiger partial charge >= 0.3 is 0 Å².